The highest BCUT2D eigenvalue weighted by Crippen LogP contribution is 2.24. The number of amides is 1. The van der Waals surface area contributed by atoms with Crippen LogP contribution in [0.3, 0.4) is 0 Å². The molecule has 1 heterocycles. The zero-order valence-corrected chi connectivity index (χ0v) is 15.8. The van der Waals surface area contributed by atoms with E-state index < -0.39 is 16.0 Å². The van der Waals surface area contributed by atoms with Gasteiger partial charge in [0.1, 0.15) is 0 Å². The van der Waals surface area contributed by atoms with E-state index in [4.69, 9.17) is 5.11 Å². The van der Waals surface area contributed by atoms with Gasteiger partial charge in [-0.3, -0.25) is 4.79 Å². The molecule has 0 aliphatic carbocycles. The van der Waals surface area contributed by atoms with E-state index in [2.05, 4.69) is 12.2 Å². The number of hydrogen-bond donors (Lipinski definition) is 2. The molecule has 8 heteroatoms. The van der Waals surface area contributed by atoms with Crippen molar-refractivity contribution >= 4 is 21.9 Å². The van der Waals surface area contributed by atoms with Crippen LogP contribution in [-0.4, -0.2) is 49.3 Å². The number of nitrogens with one attached hydrogen (secondary N) is 1. The normalized spacial score (nSPS) is 16.3. The van der Waals surface area contributed by atoms with Gasteiger partial charge in [-0.1, -0.05) is 19.8 Å². The predicted molar refractivity (Wildman–Crippen MR) is 97.4 cm³/mol. The van der Waals surface area contributed by atoms with Crippen LogP contribution in [0.15, 0.2) is 29.2 Å². The molecule has 0 radical (unpaired) electrons. The average Bonchev–Trinajstić information content (AvgIpc) is 2.65. The lowest BCUT2D eigenvalue weighted by atomic mass is 9.97. The second kappa shape index (κ2) is 9.14. The standard InChI is InChI=1S/C18H26N2O5S/c1-2-3-4-11-19-17(21)14-9-12-20(13-10-14)26(24,25)16-7-5-15(6-8-16)18(22)23/h5-8,14H,2-4,9-13H2,1H3,(H,19,21)(H,22,23). The van der Waals surface area contributed by atoms with Crippen molar-refractivity contribution in [3.63, 3.8) is 0 Å². The van der Waals surface area contributed by atoms with Gasteiger partial charge in [0.2, 0.25) is 15.9 Å². The molecule has 2 N–H and O–H groups in total. The molecule has 0 bridgehead atoms. The van der Waals surface area contributed by atoms with Gasteiger partial charge in [0.15, 0.2) is 0 Å². The van der Waals surface area contributed by atoms with E-state index in [9.17, 15) is 18.0 Å². The topological polar surface area (TPSA) is 104 Å². The van der Waals surface area contributed by atoms with Gasteiger partial charge >= 0.3 is 5.97 Å². The SMILES string of the molecule is CCCCCNC(=O)C1CCN(S(=O)(=O)c2ccc(C(=O)O)cc2)CC1. The maximum Gasteiger partial charge on any atom is 0.335 e. The molecule has 1 saturated heterocycles. The Balaban J connectivity index is 1.91. The third-order valence-electron chi connectivity index (χ3n) is 4.64. The smallest absolute Gasteiger partial charge is 0.335 e. The number of aromatic carboxylic acids is 1. The van der Waals surface area contributed by atoms with Crippen molar-refractivity contribution in [1.82, 2.24) is 9.62 Å². The fourth-order valence-electron chi connectivity index (χ4n) is 3.01. The van der Waals surface area contributed by atoms with Crippen molar-refractivity contribution in [1.29, 1.82) is 0 Å². The minimum absolute atomic E-state index is 0.00367. The van der Waals surface area contributed by atoms with Crippen LogP contribution >= 0.6 is 0 Å². The number of carboxylic acid groups (broad SMARTS) is 1. The number of carbonyl (C=O) groups excluding carboxylic acids is 1. The van der Waals surface area contributed by atoms with E-state index in [1.165, 1.54) is 28.6 Å². The second-order valence-electron chi connectivity index (χ2n) is 6.51. The summed E-state index contributed by atoms with van der Waals surface area (Å²) in [5, 5.41) is 11.8. The summed E-state index contributed by atoms with van der Waals surface area (Å²) in [5.74, 6) is -1.25. The van der Waals surface area contributed by atoms with Gasteiger partial charge in [0, 0.05) is 25.6 Å². The van der Waals surface area contributed by atoms with Crippen LogP contribution in [0.5, 0.6) is 0 Å². The van der Waals surface area contributed by atoms with Crippen LogP contribution in [-0.2, 0) is 14.8 Å². The molecule has 0 unspecified atom stereocenters. The summed E-state index contributed by atoms with van der Waals surface area (Å²) in [6.07, 6.45) is 4.12. The van der Waals surface area contributed by atoms with Gasteiger partial charge in [-0.15, -0.1) is 0 Å². The number of piperidine rings is 1. The van der Waals surface area contributed by atoms with E-state index in [1.54, 1.807) is 0 Å². The van der Waals surface area contributed by atoms with Gasteiger partial charge < -0.3 is 10.4 Å². The van der Waals surface area contributed by atoms with Crippen molar-refractivity contribution in [2.24, 2.45) is 5.92 Å². The lowest BCUT2D eigenvalue weighted by Crippen LogP contribution is -2.43. The Hall–Kier alpha value is -1.93. The van der Waals surface area contributed by atoms with Crippen molar-refractivity contribution in [2.45, 2.75) is 43.9 Å². The molecule has 144 valence electrons. The van der Waals surface area contributed by atoms with Gasteiger partial charge in [-0.05, 0) is 43.5 Å². The number of carbonyl (C=O) groups is 2. The fourth-order valence-corrected chi connectivity index (χ4v) is 4.48. The third-order valence-corrected chi connectivity index (χ3v) is 6.56. The first-order chi connectivity index (χ1) is 12.4. The highest BCUT2D eigenvalue weighted by molar-refractivity contribution is 7.89. The number of benzene rings is 1. The van der Waals surface area contributed by atoms with E-state index >= 15 is 0 Å². The minimum Gasteiger partial charge on any atom is -0.478 e. The Morgan fingerprint density at radius 1 is 1.15 bits per heavy atom. The Bertz CT molecular complexity index is 722. The molecular formula is C18H26N2O5S. The van der Waals surface area contributed by atoms with Crippen LogP contribution in [0.4, 0.5) is 0 Å². The zero-order valence-electron chi connectivity index (χ0n) is 15.0. The fraction of sp³-hybridized carbons (Fsp3) is 0.556. The van der Waals surface area contributed by atoms with Crippen LogP contribution in [0.1, 0.15) is 49.4 Å². The van der Waals surface area contributed by atoms with Gasteiger partial charge in [0.05, 0.1) is 10.5 Å². The monoisotopic (exact) mass is 382 g/mol. The van der Waals surface area contributed by atoms with Crippen LogP contribution in [0.2, 0.25) is 0 Å². The molecule has 0 aromatic heterocycles. The summed E-state index contributed by atoms with van der Waals surface area (Å²) in [7, 11) is -3.67. The molecular weight excluding hydrogens is 356 g/mol. The summed E-state index contributed by atoms with van der Waals surface area (Å²) in [6.45, 7) is 3.35. The Morgan fingerprint density at radius 2 is 1.77 bits per heavy atom. The first-order valence-electron chi connectivity index (χ1n) is 8.97. The molecule has 1 aliphatic heterocycles. The highest BCUT2D eigenvalue weighted by atomic mass is 32.2. The van der Waals surface area contributed by atoms with Crippen molar-refractivity contribution in [3.05, 3.63) is 29.8 Å². The Kier molecular flexibility index (Phi) is 7.16. The summed E-state index contributed by atoms with van der Waals surface area (Å²) in [5.41, 5.74) is 0.0439. The van der Waals surface area contributed by atoms with Gasteiger partial charge in [-0.2, -0.15) is 4.31 Å². The van der Waals surface area contributed by atoms with Crippen molar-refractivity contribution < 1.29 is 23.1 Å². The Morgan fingerprint density at radius 3 is 2.31 bits per heavy atom. The highest BCUT2D eigenvalue weighted by Gasteiger charge is 2.32. The first kappa shape index (κ1) is 20.4. The summed E-state index contributed by atoms with van der Waals surface area (Å²) in [4.78, 5) is 23.1. The molecule has 1 aliphatic rings. The molecule has 1 aromatic rings. The molecule has 26 heavy (non-hydrogen) atoms. The molecule has 2 rings (SSSR count). The first-order valence-corrected chi connectivity index (χ1v) is 10.4. The largest absolute Gasteiger partial charge is 0.478 e. The molecule has 0 saturated carbocycles. The van der Waals surface area contributed by atoms with Crippen LogP contribution in [0.25, 0.3) is 0 Å². The van der Waals surface area contributed by atoms with Crippen LogP contribution in [0, 0.1) is 5.92 Å². The van der Waals surface area contributed by atoms with Gasteiger partial charge in [0.25, 0.3) is 0 Å². The molecule has 0 atom stereocenters. The Labute approximate surface area is 154 Å². The lowest BCUT2D eigenvalue weighted by Gasteiger charge is -2.30. The summed E-state index contributed by atoms with van der Waals surface area (Å²) < 4.78 is 26.7. The number of nitrogens with zero attached hydrogens (tertiary/aromatic N) is 1. The molecule has 1 amide bonds. The number of sulfonamides is 1. The second-order valence-corrected chi connectivity index (χ2v) is 8.44. The van der Waals surface area contributed by atoms with E-state index in [0.29, 0.717) is 19.4 Å². The van der Waals surface area contributed by atoms with Crippen LogP contribution < -0.4 is 5.32 Å². The maximum atomic E-state index is 12.7. The number of rotatable bonds is 8. The molecule has 0 spiro atoms. The van der Waals surface area contributed by atoms with Gasteiger partial charge in [-0.25, -0.2) is 13.2 Å². The van der Waals surface area contributed by atoms with E-state index in [1.807, 2.05) is 0 Å². The van der Waals surface area contributed by atoms with Crippen molar-refractivity contribution in [3.8, 4) is 0 Å². The van der Waals surface area contributed by atoms with E-state index in [0.717, 1.165) is 19.3 Å². The maximum absolute atomic E-state index is 12.7. The average molecular weight is 382 g/mol. The number of carboxylic acids is 1. The van der Waals surface area contributed by atoms with E-state index in [-0.39, 0.29) is 35.4 Å². The third kappa shape index (κ3) is 5.04. The quantitative estimate of drug-likeness (QED) is 0.670. The number of hydrogen-bond acceptors (Lipinski definition) is 4. The minimum atomic E-state index is -3.67. The van der Waals surface area contributed by atoms with Crippen molar-refractivity contribution in [2.75, 3.05) is 19.6 Å². The predicted octanol–water partition coefficient (Wildman–Crippen LogP) is 2.09. The molecule has 1 aromatic carbocycles. The number of unbranched alkanes of at least 4 members (excludes halogenated alkanes) is 2. The lowest BCUT2D eigenvalue weighted by molar-refractivity contribution is -0.126. The summed E-state index contributed by atoms with van der Waals surface area (Å²) >= 11 is 0. The summed E-state index contributed by atoms with van der Waals surface area (Å²) in [6, 6.07) is 5.19. The zero-order chi connectivity index (χ0) is 19.2. The molecule has 7 nitrogen and oxygen atoms in total. The molecule has 1 fully saturated rings.